The second-order valence-electron chi connectivity index (χ2n) is 4.89. The predicted molar refractivity (Wildman–Crippen MR) is 101 cm³/mol. The Morgan fingerprint density at radius 1 is 1.21 bits per heavy atom. The maximum atomic E-state index is 12.7. The van der Waals surface area contributed by atoms with Gasteiger partial charge in [-0.05, 0) is 35.9 Å². The third kappa shape index (κ3) is 3.21. The average Bonchev–Trinajstić information content (AvgIpc) is 2.83. The van der Waals surface area contributed by atoms with Gasteiger partial charge in [-0.3, -0.25) is 9.69 Å². The van der Waals surface area contributed by atoms with Crippen molar-refractivity contribution in [2.45, 2.75) is 0 Å². The number of carboxylic acids is 1. The van der Waals surface area contributed by atoms with E-state index in [4.69, 9.17) is 28.9 Å². The fourth-order valence-electron chi connectivity index (χ4n) is 2.20. The molecule has 24 heavy (non-hydrogen) atoms. The van der Waals surface area contributed by atoms with E-state index in [1.54, 1.807) is 30.3 Å². The minimum absolute atomic E-state index is 0.0941. The number of thioether (sulfide) groups is 1. The van der Waals surface area contributed by atoms with Gasteiger partial charge in [-0.1, -0.05) is 59.8 Å². The first-order valence-electron chi connectivity index (χ1n) is 6.83. The van der Waals surface area contributed by atoms with Crippen LogP contribution in [0.3, 0.4) is 0 Å². The van der Waals surface area contributed by atoms with Crippen LogP contribution in [0.5, 0.6) is 0 Å². The number of hydrogen-bond acceptors (Lipinski definition) is 4. The van der Waals surface area contributed by atoms with Crippen molar-refractivity contribution in [2.24, 2.45) is 0 Å². The second kappa shape index (κ2) is 6.76. The van der Waals surface area contributed by atoms with Crippen LogP contribution in [-0.2, 0) is 4.79 Å². The molecular formula is C17H10ClNO3S2. The van der Waals surface area contributed by atoms with E-state index in [0.29, 0.717) is 19.9 Å². The molecule has 4 nitrogen and oxygen atoms in total. The summed E-state index contributed by atoms with van der Waals surface area (Å²) in [7, 11) is 0. The molecule has 0 radical (unpaired) electrons. The summed E-state index contributed by atoms with van der Waals surface area (Å²) in [5, 5.41) is 9.63. The van der Waals surface area contributed by atoms with Gasteiger partial charge in [-0.25, -0.2) is 4.79 Å². The van der Waals surface area contributed by atoms with E-state index in [0.717, 1.165) is 17.3 Å². The van der Waals surface area contributed by atoms with Crippen LogP contribution in [0.2, 0.25) is 5.02 Å². The van der Waals surface area contributed by atoms with Crippen LogP contribution >= 0.6 is 35.6 Å². The average molecular weight is 376 g/mol. The lowest BCUT2D eigenvalue weighted by Gasteiger charge is -2.14. The van der Waals surface area contributed by atoms with Crippen LogP contribution in [0.15, 0.2) is 53.4 Å². The van der Waals surface area contributed by atoms with Gasteiger partial charge in [0.25, 0.3) is 5.91 Å². The summed E-state index contributed by atoms with van der Waals surface area (Å²) in [4.78, 5) is 25.5. The quantitative estimate of drug-likeness (QED) is 0.634. The van der Waals surface area contributed by atoms with E-state index in [1.807, 2.05) is 12.1 Å². The van der Waals surface area contributed by atoms with Gasteiger partial charge in [0.2, 0.25) is 0 Å². The Morgan fingerprint density at radius 3 is 2.67 bits per heavy atom. The van der Waals surface area contributed by atoms with Crippen molar-refractivity contribution in [3.05, 3.63) is 69.6 Å². The Morgan fingerprint density at radius 2 is 1.96 bits per heavy atom. The first kappa shape index (κ1) is 16.7. The molecule has 2 aromatic rings. The van der Waals surface area contributed by atoms with E-state index < -0.39 is 5.97 Å². The summed E-state index contributed by atoms with van der Waals surface area (Å²) < 4.78 is 0.348. The zero-order valence-electron chi connectivity index (χ0n) is 12.1. The molecule has 0 aromatic heterocycles. The van der Waals surface area contributed by atoms with Gasteiger partial charge in [0, 0.05) is 5.02 Å². The van der Waals surface area contributed by atoms with Gasteiger partial charge in [-0.15, -0.1) is 0 Å². The van der Waals surface area contributed by atoms with Crippen molar-refractivity contribution >= 4 is 63.5 Å². The van der Waals surface area contributed by atoms with Crippen LogP contribution in [0.4, 0.5) is 5.69 Å². The minimum Gasteiger partial charge on any atom is -0.478 e. The maximum Gasteiger partial charge on any atom is 0.335 e. The Kier molecular flexibility index (Phi) is 4.71. The van der Waals surface area contributed by atoms with Crippen molar-refractivity contribution in [3.8, 4) is 0 Å². The molecule has 1 heterocycles. The lowest BCUT2D eigenvalue weighted by Crippen LogP contribution is -2.27. The van der Waals surface area contributed by atoms with E-state index in [9.17, 15) is 9.59 Å². The second-order valence-corrected chi connectivity index (χ2v) is 6.98. The van der Waals surface area contributed by atoms with Crippen molar-refractivity contribution in [3.63, 3.8) is 0 Å². The highest BCUT2D eigenvalue weighted by Gasteiger charge is 2.33. The number of hydrogen-bond donors (Lipinski definition) is 1. The highest BCUT2D eigenvalue weighted by Crippen LogP contribution is 2.36. The lowest BCUT2D eigenvalue weighted by molar-refractivity contribution is -0.113. The number of aromatic carboxylic acids is 1. The highest BCUT2D eigenvalue weighted by molar-refractivity contribution is 8.27. The Hall–Kier alpha value is -2.15. The van der Waals surface area contributed by atoms with Crippen LogP contribution in [0, 0.1) is 0 Å². The normalized spacial score (nSPS) is 16.0. The Bertz CT molecular complexity index is 895. The monoisotopic (exact) mass is 375 g/mol. The molecule has 1 saturated heterocycles. The summed E-state index contributed by atoms with van der Waals surface area (Å²) in [6.45, 7) is 0. The van der Waals surface area contributed by atoms with Crippen LogP contribution in [-0.4, -0.2) is 21.3 Å². The molecule has 0 bridgehead atoms. The zero-order valence-corrected chi connectivity index (χ0v) is 14.5. The molecule has 7 heteroatoms. The van der Waals surface area contributed by atoms with Gasteiger partial charge in [0.1, 0.15) is 0 Å². The molecule has 0 spiro atoms. The third-order valence-electron chi connectivity index (χ3n) is 3.34. The third-order valence-corrected chi connectivity index (χ3v) is 4.98. The van der Waals surface area contributed by atoms with Gasteiger partial charge < -0.3 is 5.11 Å². The number of carbonyl (C=O) groups excluding carboxylic acids is 1. The number of thiocarbonyl (C=S) groups is 1. The molecule has 0 unspecified atom stereocenters. The molecule has 2 aromatic carbocycles. The molecule has 1 aliphatic rings. The fraction of sp³-hybridized carbons (Fsp3) is 0. The van der Waals surface area contributed by atoms with E-state index in [-0.39, 0.29) is 11.5 Å². The number of carbonyl (C=O) groups is 2. The molecular weight excluding hydrogens is 366 g/mol. The molecule has 1 fully saturated rings. The molecule has 1 N–H and O–H groups in total. The van der Waals surface area contributed by atoms with Crippen molar-refractivity contribution in [1.29, 1.82) is 0 Å². The number of halogens is 1. The van der Waals surface area contributed by atoms with Gasteiger partial charge >= 0.3 is 5.97 Å². The standard InChI is InChI=1S/C17H10ClNO3S2/c18-13-7-2-1-4-10(13)9-14-15(20)19(17(23)24-14)12-6-3-5-11(8-12)16(21)22/h1-9H,(H,21,22)/b14-9+. The summed E-state index contributed by atoms with van der Waals surface area (Å²) in [6, 6.07) is 13.3. The lowest BCUT2D eigenvalue weighted by atomic mass is 10.2. The van der Waals surface area contributed by atoms with Gasteiger partial charge in [0.15, 0.2) is 4.32 Å². The van der Waals surface area contributed by atoms with Crippen molar-refractivity contribution < 1.29 is 14.7 Å². The summed E-state index contributed by atoms with van der Waals surface area (Å²) in [5.74, 6) is -1.36. The molecule has 3 rings (SSSR count). The summed E-state index contributed by atoms with van der Waals surface area (Å²) >= 11 is 12.6. The molecule has 1 amide bonds. The zero-order chi connectivity index (χ0) is 17.3. The predicted octanol–water partition coefficient (Wildman–Crippen LogP) is 4.44. The van der Waals surface area contributed by atoms with Gasteiger partial charge in [-0.2, -0.15) is 0 Å². The molecule has 120 valence electrons. The van der Waals surface area contributed by atoms with Crippen LogP contribution in [0.25, 0.3) is 6.08 Å². The topological polar surface area (TPSA) is 57.6 Å². The van der Waals surface area contributed by atoms with Crippen LogP contribution < -0.4 is 4.90 Å². The minimum atomic E-state index is -1.06. The molecule has 0 atom stereocenters. The highest BCUT2D eigenvalue weighted by atomic mass is 35.5. The van der Waals surface area contributed by atoms with E-state index in [1.165, 1.54) is 17.0 Å². The number of carboxylic acid groups (broad SMARTS) is 1. The first-order valence-corrected chi connectivity index (χ1v) is 8.43. The Labute approximate surface area is 152 Å². The first-order chi connectivity index (χ1) is 11.5. The number of anilines is 1. The Balaban J connectivity index is 1.97. The fourth-order valence-corrected chi connectivity index (χ4v) is 3.68. The van der Waals surface area contributed by atoms with Crippen molar-refractivity contribution in [2.75, 3.05) is 4.90 Å². The number of nitrogens with zero attached hydrogens (tertiary/aromatic N) is 1. The molecule has 0 saturated carbocycles. The van der Waals surface area contributed by atoms with Crippen molar-refractivity contribution in [1.82, 2.24) is 0 Å². The number of benzene rings is 2. The molecule has 1 aliphatic heterocycles. The number of amides is 1. The van der Waals surface area contributed by atoms with Gasteiger partial charge in [0.05, 0.1) is 16.2 Å². The van der Waals surface area contributed by atoms with Crippen LogP contribution in [0.1, 0.15) is 15.9 Å². The van der Waals surface area contributed by atoms with E-state index in [2.05, 4.69) is 0 Å². The maximum absolute atomic E-state index is 12.7. The SMILES string of the molecule is O=C(O)c1cccc(N2C(=O)/C(=C\c3ccccc3Cl)SC2=S)c1. The molecule has 0 aliphatic carbocycles. The summed E-state index contributed by atoms with van der Waals surface area (Å²) in [5.41, 5.74) is 1.25. The van der Waals surface area contributed by atoms with E-state index >= 15 is 0 Å². The largest absolute Gasteiger partial charge is 0.478 e. The smallest absolute Gasteiger partial charge is 0.335 e. The summed E-state index contributed by atoms with van der Waals surface area (Å²) in [6.07, 6.45) is 1.68. The number of rotatable bonds is 3.